The van der Waals surface area contributed by atoms with Crippen LogP contribution in [0.3, 0.4) is 0 Å². The lowest BCUT2D eigenvalue weighted by molar-refractivity contribution is 0.0675. The zero-order valence-corrected chi connectivity index (χ0v) is 14.4. The summed E-state index contributed by atoms with van der Waals surface area (Å²) < 4.78 is 5.55. The largest absolute Gasteiger partial charge is 0.445 e. The summed E-state index contributed by atoms with van der Waals surface area (Å²) >= 11 is 1.51. The lowest BCUT2D eigenvalue weighted by Crippen LogP contribution is -2.45. The summed E-state index contributed by atoms with van der Waals surface area (Å²) in [5, 5.41) is 0.784. The zero-order chi connectivity index (χ0) is 16.2. The van der Waals surface area contributed by atoms with Crippen LogP contribution < -0.4 is 4.90 Å². The first kappa shape index (κ1) is 16.0. The molecule has 1 amide bonds. The van der Waals surface area contributed by atoms with E-state index in [1.54, 1.807) is 6.07 Å². The Morgan fingerprint density at radius 1 is 1.17 bits per heavy atom. The molecule has 0 unspecified atom stereocenters. The highest BCUT2D eigenvalue weighted by atomic mass is 32.2. The summed E-state index contributed by atoms with van der Waals surface area (Å²) in [5.41, 5.74) is 1.23. The monoisotopic (exact) mass is 330 g/mol. The minimum atomic E-state index is 0.00566. The third kappa shape index (κ3) is 3.55. The van der Waals surface area contributed by atoms with E-state index in [1.807, 2.05) is 23.3 Å². The van der Waals surface area contributed by atoms with Gasteiger partial charge in [-0.1, -0.05) is 30.0 Å². The number of amides is 1. The second kappa shape index (κ2) is 7.13. The lowest BCUT2D eigenvalue weighted by atomic mass is 10.0. The van der Waals surface area contributed by atoms with Gasteiger partial charge in [0.2, 0.25) is 0 Å². The first-order valence-electron chi connectivity index (χ1n) is 7.90. The Labute approximate surface area is 141 Å². The molecule has 0 saturated carbocycles. The number of furan rings is 1. The minimum Gasteiger partial charge on any atom is -0.445 e. The van der Waals surface area contributed by atoms with Crippen LogP contribution in [-0.2, 0) is 0 Å². The number of anilines is 1. The van der Waals surface area contributed by atoms with Gasteiger partial charge in [-0.3, -0.25) is 4.79 Å². The van der Waals surface area contributed by atoms with Crippen LogP contribution in [0.2, 0.25) is 0 Å². The van der Waals surface area contributed by atoms with E-state index in [0.29, 0.717) is 11.8 Å². The molecule has 1 fully saturated rings. The van der Waals surface area contributed by atoms with Gasteiger partial charge in [0.1, 0.15) is 0 Å². The predicted molar refractivity (Wildman–Crippen MR) is 94.3 cm³/mol. The lowest BCUT2D eigenvalue weighted by Gasteiger charge is -2.37. The number of nitrogens with zero attached hydrogens (tertiary/aromatic N) is 2. The number of thioether (sulfide) groups is 1. The van der Waals surface area contributed by atoms with Gasteiger partial charge in [0.25, 0.3) is 5.91 Å². The number of likely N-dealkylation sites (tertiary alicyclic amines) is 1. The standard InChI is InChI=1S/C18H22N2O2S/c1-19(14-6-4-3-5-7-14)15-10-12-20(13-11-15)18(21)16-8-9-17(22-16)23-2/h3-9,15H,10-13H2,1-2H3. The molecule has 0 bridgehead atoms. The van der Waals surface area contributed by atoms with Crippen molar-refractivity contribution < 1.29 is 9.21 Å². The van der Waals surface area contributed by atoms with Gasteiger partial charge in [-0.05, 0) is 43.4 Å². The Balaban J connectivity index is 1.59. The first-order chi connectivity index (χ1) is 11.2. The molecule has 1 aliphatic heterocycles. The summed E-state index contributed by atoms with van der Waals surface area (Å²) in [5.74, 6) is 0.454. The predicted octanol–water partition coefficient (Wildman–Crippen LogP) is 3.74. The fraction of sp³-hybridized carbons (Fsp3) is 0.389. The molecule has 1 aromatic heterocycles. The number of hydrogen-bond donors (Lipinski definition) is 0. The van der Waals surface area contributed by atoms with E-state index in [2.05, 4.69) is 36.2 Å². The Morgan fingerprint density at radius 2 is 1.87 bits per heavy atom. The fourth-order valence-corrected chi connectivity index (χ4v) is 3.41. The van der Waals surface area contributed by atoms with Crippen LogP contribution in [0.25, 0.3) is 0 Å². The van der Waals surface area contributed by atoms with Gasteiger partial charge in [0.15, 0.2) is 10.9 Å². The average Bonchev–Trinajstić information content (AvgIpc) is 3.10. The topological polar surface area (TPSA) is 36.7 Å². The number of benzene rings is 1. The molecule has 23 heavy (non-hydrogen) atoms. The van der Waals surface area contributed by atoms with Gasteiger partial charge in [-0.2, -0.15) is 0 Å². The Morgan fingerprint density at radius 3 is 2.48 bits per heavy atom. The fourth-order valence-electron chi connectivity index (χ4n) is 3.03. The quantitative estimate of drug-likeness (QED) is 0.800. The Kier molecular flexibility index (Phi) is 4.96. The molecular formula is C18H22N2O2S. The second-order valence-corrected chi connectivity index (χ2v) is 6.60. The van der Waals surface area contributed by atoms with Gasteiger partial charge in [-0.25, -0.2) is 0 Å². The van der Waals surface area contributed by atoms with Crippen LogP contribution in [0.5, 0.6) is 0 Å². The highest BCUT2D eigenvalue weighted by molar-refractivity contribution is 7.98. The molecule has 1 saturated heterocycles. The molecular weight excluding hydrogens is 308 g/mol. The molecule has 1 aliphatic rings. The van der Waals surface area contributed by atoms with Crippen molar-refractivity contribution in [2.24, 2.45) is 0 Å². The number of piperidine rings is 1. The Hall–Kier alpha value is -1.88. The normalized spacial score (nSPS) is 15.7. The van der Waals surface area contributed by atoms with E-state index in [1.165, 1.54) is 17.4 Å². The van der Waals surface area contributed by atoms with Crippen LogP contribution in [0.15, 0.2) is 52.0 Å². The molecule has 1 aromatic carbocycles. The maximum Gasteiger partial charge on any atom is 0.289 e. The van der Waals surface area contributed by atoms with Crippen molar-refractivity contribution in [2.75, 3.05) is 31.3 Å². The van der Waals surface area contributed by atoms with E-state index < -0.39 is 0 Å². The molecule has 0 atom stereocenters. The summed E-state index contributed by atoms with van der Waals surface area (Å²) in [6.07, 6.45) is 3.90. The summed E-state index contributed by atoms with van der Waals surface area (Å²) in [7, 11) is 2.13. The van der Waals surface area contributed by atoms with Gasteiger partial charge in [0, 0.05) is 31.9 Å². The zero-order valence-electron chi connectivity index (χ0n) is 13.6. The Bertz CT molecular complexity index is 648. The molecule has 0 spiro atoms. The van der Waals surface area contributed by atoms with Crippen LogP contribution >= 0.6 is 11.8 Å². The van der Waals surface area contributed by atoms with Crippen LogP contribution in [0.4, 0.5) is 5.69 Å². The molecule has 2 heterocycles. The van der Waals surface area contributed by atoms with Gasteiger partial charge in [0.05, 0.1) is 0 Å². The molecule has 4 nitrogen and oxygen atoms in total. The third-order valence-corrected chi connectivity index (χ3v) is 5.08. The van der Waals surface area contributed by atoms with Crippen molar-refractivity contribution in [3.63, 3.8) is 0 Å². The maximum absolute atomic E-state index is 12.5. The van der Waals surface area contributed by atoms with Crippen molar-refractivity contribution in [2.45, 2.75) is 24.0 Å². The molecule has 0 aliphatic carbocycles. The molecule has 3 rings (SSSR count). The molecule has 5 heteroatoms. The number of carbonyl (C=O) groups excluding carboxylic acids is 1. The highest BCUT2D eigenvalue weighted by Crippen LogP contribution is 2.24. The number of carbonyl (C=O) groups is 1. The van der Waals surface area contributed by atoms with Crippen molar-refractivity contribution in [1.82, 2.24) is 4.90 Å². The van der Waals surface area contributed by atoms with Gasteiger partial charge >= 0.3 is 0 Å². The maximum atomic E-state index is 12.5. The third-order valence-electron chi connectivity index (χ3n) is 4.46. The van der Waals surface area contributed by atoms with Crippen molar-refractivity contribution in [3.05, 3.63) is 48.2 Å². The minimum absolute atomic E-state index is 0.00566. The second-order valence-electron chi connectivity index (χ2n) is 5.79. The van der Waals surface area contributed by atoms with Crippen molar-refractivity contribution in [3.8, 4) is 0 Å². The SMILES string of the molecule is CSc1ccc(C(=O)N2CCC(N(C)c3ccccc3)CC2)o1. The van der Waals surface area contributed by atoms with E-state index >= 15 is 0 Å². The van der Waals surface area contributed by atoms with Crippen LogP contribution in [0, 0.1) is 0 Å². The molecule has 0 N–H and O–H groups in total. The number of rotatable bonds is 4. The number of para-hydroxylation sites is 1. The number of hydrogen-bond acceptors (Lipinski definition) is 4. The van der Waals surface area contributed by atoms with Gasteiger partial charge in [-0.15, -0.1) is 0 Å². The van der Waals surface area contributed by atoms with E-state index in [9.17, 15) is 4.79 Å². The summed E-state index contributed by atoms with van der Waals surface area (Å²) in [4.78, 5) is 16.7. The van der Waals surface area contributed by atoms with Crippen LogP contribution in [-0.4, -0.2) is 43.2 Å². The smallest absolute Gasteiger partial charge is 0.289 e. The van der Waals surface area contributed by atoms with E-state index in [4.69, 9.17) is 4.42 Å². The van der Waals surface area contributed by atoms with E-state index in [0.717, 1.165) is 31.0 Å². The van der Waals surface area contributed by atoms with Crippen LogP contribution in [0.1, 0.15) is 23.4 Å². The summed E-state index contributed by atoms with van der Waals surface area (Å²) in [6, 6.07) is 14.5. The van der Waals surface area contributed by atoms with Gasteiger partial charge < -0.3 is 14.2 Å². The first-order valence-corrected chi connectivity index (χ1v) is 9.12. The molecule has 0 radical (unpaired) electrons. The summed E-state index contributed by atoms with van der Waals surface area (Å²) in [6.45, 7) is 1.55. The van der Waals surface area contributed by atoms with E-state index in [-0.39, 0.29) is 5.91 Å². The average molecular weight is 330 g/mol. The molecule has 2 aromatic rings. The van der Waals surface area contributed by atoms with Crippen molar-refractivity contribution in [1.29, 1.82) is 0 Å². The van der Waals surface area contributed by atoms with Crippen molar-refractivity contribution >= 4 is 23.4 Å². The highest BCUT2D eigenvalue weighted by Gasteiger charge is 2.27. The molecule has 122 valence electrons.